The largest absolute Gasteiger partial charge is 0.484 e. The number of amides is 2. The summed E-state index contributed by atoms with van der Waals surface area (Å²) in [5, 5.41) is 3.86. The minimum atomic E-state index is -0.681. The number of nitrogens with one attached hydrogen (secondary N) is 1. The molecule has 0 aromatic heterocycles. The first-order valence-electron chi connectivity index (χ1n) is 10.6. The zero-order valence-corrected chi connectivity index (χ0v) is 21.9. The molecule has 0 aliphatic heterocycles. The number of carbonyl (C=O) groups excluding carboxylic acids is 2. The molecular formula is C24H29BrCl2N2O3. The van der Waals surface area contributed by atoms with E-state index in [9.17, 15) is 9.59 Å². The Morgan fingerprint density at radius 1 is 1.12 bits per heavy atom. The third kappa shape index (κ3) is 7.12. The number of hydrogen-bond donors (Lipinski definition) is 1. The molecule has 0 aliphatic carbocycles. The molecule has 0 aliphatic rings. The van der Waals surface area contributed by atoms with E-state index < -0.39 is 6.04 Å². The van der Waals surface area contributed by atoms with Crippen molar-refractivity contribution in [3.05, 3.63) is 62.0 Å². The van der Waals surface area contributed by atoms with Gasteiger partial charge in [0.25, 0.3) is 5.91 Å². The zero-order valence-electron chi connectivity index (χ0n) is 18.8. The molecule has 2 amide bonds. The van der Waals surface area contributed by atoms with Crippen molar-refractivity contribution in [2.75, 3.05) is 6.61 Å². The fourth-order valence-corrected chi connectivity index (χ4v) is 3.91. The first kappa shape index (κ1) is 26.5. The lowest BCUT2D eigenvalue weighted by Crippen LogP contribution is -2.51. The Labute approximate surface area is 208 Å². The fraction of sp³-hybridized carbons (Fsp3) is 0.417. The van der Waals surface area contributed by atoms with Gasteiger partial charge < -0.3 is 15.0 Å². The van der Waals surface area contributed by atoms with E-state index in [1.54, 1.807) is 24.3 Å². The van der Waals surface area contributed by atoms with Crippen LogP contribution in [0.3, 0.4) is 0 Å². The van der Waals surface area contributed by atoms with E-state index in [4.69, 9.17) is 27.9 Å². The van der Waals surface area contributed by atoms with E-state index in [0.29, 0.717) is 27.8 Å². The molecule has 8 heteroatoms. The van der Waals surface area contributed by atoms with Gasteiger partial charge in [0, 0.05) is 32.7 Å². The number of aryl methyl sites for hydroxylation is 1. The molecule has 0 radical (unpaired) electrons. The summed E-state index contributed by atoms with van der Waals surface area (Å²) < 4.78 is 6.71. The van der Waals surface area contributed by atoms with Crippen molar-refractivity contribution in [3.8, 4) is 5.75 Å². The SMILES string of the molecule is CC[C@H](C)NC(=O)[C@H](CC)N(Cc1c(Cl)cccc1Cl)C(=O)COc1ccc(Br)c(C)c1. The lowest BCUT2D eigenvalue weighted by molar-refractivity contribution is -0.143. The van der Waals surface area contributed by atoms with Crippen LogP contribution in [0.15, 0.2) is 40.9 Å². The number of hydrogen-bond acceptors (Lipinski definition) is 3. The second-order valence-electron chi connectivity index (χ2n) is 7.66. The van der Waals surface area contributed by atoms with Crippen LogP contribution >= 0.6 is 39.1 Å². The molecule has 1 N–H and O–H groups in total. The average Bonchev–Trinajstić information content (AvgIpc) is 2.76. The van der Waals surface area contributed by atoms with Gasteiger partial charge in [-0.25, -0.2) is 0 Å². The molecular weight excluding hydrogens is 515 g/mol. The highest BCUT2D eigenvalue weighted by atomic mass is 79.9. The van der Waals surface area contributed by atoms with Crippen molar-refractivity contribution in [2.45, 2.75) is 59.2 Å². The predicted molar refractivity (Wildman–Crippen MR) is 133 cm³/mol. The third-order valence-corrected chi connectivity index (χ3v) is 6.87. The van der Waals surface area contributed by atoms with Crippen LogP contribution in [-0.2, 0) is 16.1 Å². The summed E-state index contributed by atoms with van der Waals surface area (Å²) in [7, 11) is 0. The summed E-state index contributed by atoms with van der Waals surface area (Å²) in [6.07, 6.45) is 1.23. The van der Waals surface area contributed by atoms with Crippen LogP contribution in [0.5, 0.6) is 5.75 Å². The van der Waals surface area contributed by atoms with Gasteiger partial charge in [0.05, 0.1) is 0 Å². The van der Waals surface area contributed by atoms with Crippen LogP contribution < -0.4 is 10.1 Å². The van der Waals surface area contributed by atoms with Gasteiger partial charge in [0.1, 0.15) is 11.8 Å². The fourth-order valence-electron chi connectivity index (χ4n) is 3.15. The van der Waals surface area contributed by atoms with Crippen LogP contribution in [0.2, 0.25) is 10.0 Å². The van der Waals surface area contributed by atoms with Gasteiger partial charge in [0.2, 0.25) is 5.91 Å². The van der Waals surface area contributed by atoms with Crippen molar-refractivity contribution in [3.63, 3.8) is 0 Å². The van der Waals surface area contributed by atoms with Crippen LogP contribution in [-0.4, -0.2) is 35.4 Å². The van der Waals surface area contributed by atoms with Crippen LogP contribution in [0.1, 0.15) is 44.7 Å². The Hall–Kier alpha value is -1.76. The van der Waals surface area contributed by atoms with E-state index in [0.717, 1.165) is 16.5 Å². The van der Waals surface area contributed by atoms with Gasteiger partial charge in [-0.3, -0.25) is 9.59 Å². The molecule has 0 unspecified atom stereocenters. The van der Waals surface area contributed by atoms with E-state index in [2.05, 4.69) is 21.2 Å². The monoisotopic (exact) mass is 542 g/mol. The maximum atomic E-state index is 13.3. The Kier molecular flexibility index (Phi) is 10.3. The van der Waals surface area contributed by atoms with Crippen molar-refractivity contribution < 1.29 is 14.3 Å². The molecule has 0 saturated heterocycles. The van der Waals surface area contributed by atoms with Crippen molar-refractivity contribution in [1.29, 1.82) is 0 Å². The summed E-state index contributed by atoms with van der Waals surface area (Å²) in [6, 6.07) is 9.99. The smallest absolute Gasteiger partial charge is 0.261 e. The molecule has 2 atom stereocenters. The molecule has 2 rings (SSSR count). The van der Waals surface area contributed by atoms with Crippen molar-refractivity contribution >= 4 is 50.9 Å². The van der Waals surface area contributed by atoms with Crippen LogP contribution in [0.4, 0.5) is 0 Å². The van der Waals surface area contributed by atoms with Gasteiger partial charge >= 0.3 is 0 Å². The predicted octanol–water partition coefficient (Wildman–Crippen LogP) is 6.17. The number of rotatable bonds is 10. The third-order valence-electron chi connectivity index (χ3n) is 5.27. The highest BCUT2D eigenvalue weighted by Crippen LogP contribution is 2.27. The van der Waals surface area contributed by atoms with Gasteiger partial charge in [0.15, 0.2) is 6.61 Å². The summed E-state index contributed by atoms with van der Waals surface area (Å²) >= 11 is 16.2. The van der Waals surface area contributed by atoms with E-state index in [1.807, 2.05) is 39.8 Å². The Morgan fingerprint density at radius 2 is 1.78 bits per heavy atom. The highest BCUT2D eigenvalue weighted by molar-refractivity contribution is 9.10. The minimum absolute atomic E-state index is 0.000561. The first-order chi connectivity index (χ1) is 15.2. The van der Waals surface area contributed by atoms with E-state index in [-0.39, 0.29) is 31.0 Å². The molecule has 0 spiro atoms. The lowest BCUT2D eigenvalue weighted by atomic mass is 10.1. The number of carbonyl (C=O) groups is 2. The Morgan fingerprint density at radius 3 is 2.34 bits per heavy atom. The zero-order chi connectivity index (χ0) is 23.8. The second kappa shape index (κ2) is 12.5. The Bertz CT molecular complexity index is 935. The number of benzene rings is 2. The lowest BCUT2D eigenvalue weighted by Gasteiger charge is -2.32. The maximum Gasteiger partial charge on any atom is 0.261 e. The van der Waals surface area contributed by atoms with E-state index in [1.165, 1.54) is 4.90 Å². The quantitative estimate of drug-likeness (QED) is 0.390. The first-order valence-corrected chi connectivity index (χ1v) is 12.1. The number of ether oxygens (including phenoxy) is 1. The molecule has 32 heavy (non-hydrogen) atoms. The van der Waals surface area contributed by atoms with Gasteiger partial charge in [-0.15, -0.1) is 0 Å². The second-order valence-corrected chi connectivity index (χ2v) is 9.33. The number of nitrogens with zero attached hydrogens (tertiary/aromatic N) is 1. The molecule has 0 bridgehead atoms. The number of halogens is 3. The summed E-state index contributed by atoms with van der Waals surface area (Å²) in [5.41, 5.74) is 1.59. The molecule has 0 fully saturated rings. The normalized spacial score (nSPS) is 12.7. The molecule has 2 aromatic carbocycles. The topological polar surface area (TPSA) is 58.6 Å². The highest BCUT2D eigenvalue weighted by Gasteiger charge is 2.30. The minimum Gasteiger partial charge on any atom is -0.484 e. The van der Waals surface area contributed by atoms with Crippen molar-refractivity contribution in [2.24, 2.45) is 0 Å². The summed E-state index contributed by atoms with van der Waals surface area (Å²) in [6.45, 7) is 7.63. The van der Waals surface area contributed by atoms with Gasteiger partial charge in [-0.05, 0) is 62.6 Å². The summed E-state index contributed by atoms with van der Waals surface area (Å²) in [4.78, 5) is 27.8. The van der Waals surface area contributed by atoms with Crippen LogP contribution in [0.25, 0.3) is 0 Å². The molecule has 0 saturated carbocycles. The van der Waals surface area contributed by atoms with Crippen LogP contribution in [0, 0.1) is 6.92 Å². The molecule has 5 nitrogen and oxygen atoms in total. The van der Waals surface area contributed by atoms with Gasteiger partial charge in [-0.2, -0.15) is 0 Å². The maximum absolute atomic E-state index is 13.3. The molecule has 2 aromatic rings. The average molecular weight is 544 g/mol. The van der Waals surface area contributed by atoms with Crippen molar-refractivity contribution in [1.82, 2.24) is 10.2 Å². The Balaban J connectivity index is 2.29. The molecule has 174 valence electrons. The summed E-state index contributed by atoms with van der Waals surface area (Å²) in [5.74, 6) is 0.0393. The van der Waals surface area contributed by atoms with E-state index >= 15 is 0 Å². The standard InChI is InChI=1S/C24H29BrCl2N2O3/c1-5-16(4)28-24(31)22(6-2)29(13-18-20(26)8-7-9-21(18)27)23(30)14-32-17-10-11-19(25)15(3)12-17/h7-12,16,22H,5-6,13-14H2,1-4H3,(H,28,31)/t16-,22-/m0/s1. The molecule has 0 heterocycles. The van der Waals surface area contributed by atoms with Gasteiger partial charge in [-0.1, -0.05) is 59.0 Å².